The van der Waals surface area contributed by atoms with Gasteiger partial charge in [0.15, 0.2) is 5.16 Å². The number of rotatable bonds is 6. The summed E-state index contributed by atoms with van der Waals surface area (Å²) in [6.07, 6.45) is 0.796. The highest BCUT2D eigenvalue weighted by molar-refractivity contribution is 7.99. The minimum absolute atomic E-state index is 0.00803. The molecule has 1 aromatic heterocycles. The number of carbonyl (C=O) groups excluding carboxylic acids is 1. The maximum atomic E-state index is 13.4. The topological polar surface area (TPSA) is 46.9 Å². The second-order valence-corrected chi connectivity index (χ2v) is 6.32. The Morgan fingerprint density at radius 1 is 1.20 bits per heavy atom. The lowest BCUT2D eigenvalue weighted by atomic mass is 10.1. The van der Waals surface area contributed by atoms with E-state index in [0.29, 0.717) is 11.0 Å². The Bertz CT molecular complexity index is 895. The van der Waals surface area contributed by atoms with Crippen molar-refractivity contribution in [3.05, 3.63) is 54.1 Å². The van der Waals surface area contributed by atoms with Crippen LogP contribution in [0.2, 0.25) is 0 Å². The molecule has 1 amide bonds. The molecular formula is C18H17F2N3OS. The molecule has 0 aliphatic rings. The summed E-state index contributed by atoms with van der Waals surface area (Å²) in [5, 5.41) is 2.96. The second-order valence-electron chi connectivity index (χ2n) is 5.38. The molecule has 4 nitrogen and oxygen atoms in total. The van der Waals surface area contributed by atoms with Crippen molar-refractivity contribution in [3.8, 4) is 0 Å². The molecule has 3 rings (SSSR count). The smallest absolute Gasteiger partial charge is 0.321 e. The number of para-hydroxylation sites is 3. The van der Waals surface area contributed by atoms with E-state index in [-0.39, 0.29) is 16.8 Å². The van der Waals surface area contributed by atoms with Crippen molar-refractivity contribution in [1.29, 1.82) is 0 Å². The van der Waals surface area contributed by atoms with Crippen LogP contribution in [0.25, 0.3) is 11.0 Å². The van der Waals surface area contributed by atoms with Crippen LogP contribution < -0.4 is 5.32 Å². The van der Waals surface area contributed by atoms with Crippen molar-refractivity contribution in [1.82, 2.24) is 9.55 Å². The summed E-state index contributed by atoms with van der Waals surface area (Å²) >= 11 is 1.00. The fraction of sp³-hybridized carbons (Fsp3) is 0.222. The van der Waals surface area contributed by atoms with Gasteiger partial charge in [0.05, 0.1) is 16.8 Å². The number of nitrogens with zero attached hydrogens (tertiary/aromatic N) is 2. The Morgan fingerprint density at radius 2 is 1.92 bits per heavy atom. The molecule has 0 saturated carbocycles. The quantitative estimate of drug-likeness (QED) is 0.646. The third-order valence-corrected chi connectivity index (χ3v) is 4.72. The van der Waals surface area contributed by atoms with Crippen molar-refractivity contribution in [2.24, 2.45) is 0 Å². The Labute approximate surface area is 148 Å². The number of aromatic nitrogens is 2. The molecule has 7 heteroatoms. The van der Waals surface area contributed by atoms with Gasteiger partial charge in [-0.15, -0.1) is 0 Å². The molecule has 2 aromatic carbocycles. The number of imidazole rings is 1. The molecule has 1 N–H and O–H groups in total. The van der Waals surface area contributed by atoms with Gasteiger partial charge in [0.2, 0.25) is 5.91 Å². The van der Waals surface area contributed by atoms with Crippen LogP contribution in [-0.2, 0) is 11.2 Å². The number of hydrogen-bond donors (Lipinski definition) is 1. The fourth-order valence-electron chi connectivity index (χ4n) is 2.58. The first kappa shape index (κ1) is 17.4. The number of carbonyl (C=O) groups is 1. The monoisotopic (exact) mass is 361 g/mol. The first-order valence-corrected chi connectivity index (χ1v) is 8.84. The predicted molar refractivity (Wildman–Crippen MR) is 96.2 cm³/mol. The van der Waals surface area contributed by atoms with Gasteiger partial charge in [0.25, 0.3) is 0 Å². The van der Waals surface area contributed by atoms with Crippen LogP contribution in [0.5, 0.6) is 0 Å². The van der Waals surface area contributed by atoms with E-state index in [1.54, 1.807) is 24.3 Å². The zero-order chi connectivity index (χ0) is 17.8. The Balaban J connectivity index is 1.74. The van der Waals surface area contributed by atoms with E-state index in [1.165, 1.54) is 0 Å². The van der Waals surface area contributed by atoms with E-state index < -0.39 is 6.55 Å². The maximum absolute atomic E-state index is 13.4. The van der Waals surface area contributed by atoms with Gasteiger partial charge >= 0.3 is 6.55 Å². The number of hydrogen-bond acceptors (Lipinski definition) is 3. The van der Waals surface area contributed by atoms with E-state index in [0.717, 1.165) is 34.0 Å². The molecule has 0 radical (unpaired) electrons. The Kier molecular flexibility index (Phi) is 5.33. The maximum Gasteiger partial charge on any atom is 0.321 e. The first-order chi connectivity index (χ1) is 12.1. The average Bonchev–Trinajstić information content (AvgIpc) is 2.99. The molecule has 0 bridgehead atoms. The van der Waals surface area contributed by atoms with Crippen LogP contribution >= 0.6 is 11.8 Å². The SMILES string of the molecule is CCc1ccccc1NC(=O)CSc1nc2ccccc2n1C(F)F. The minimum Gasteiger partial charge on any atom is -0.325 e. The number of fused-ring (bicyclic) bond motifs is 1. The third kappa shape index (κ3) is 3.82. The number of thioether (sulfide) groups is 1. The zero-order valence-corrected chi connectivity index (χ0v) is 14.4. The standard InChI is InChI=1S/C18H17F2N3OS/c1-2-12-7-3-4-8-13(12)21-16(24)11-25-18-22-14-9-5-6-10-15(14)23(18)17(19)20/h3-10,17H,2,11H2,1H3,(H,21,24). The molecule has 0 unspecified atom stereocenters. The number of benzene rings is 2. The minimum atomic E-state index is -2.71. The van der Waals surface area contributed by atoms with Crippen LogP contribution in [0.4, 0.5) is 14.5 Å². The van der Waals surface area contributed by atoms with E-state index >= 15 is 0 Å². The lowest BCUT2D eigenvalue weighted by Crippen LogP contribution is -2.15. The van der Waals surface area contributed by atoms with Gasteiger partial charge in [0, 0.05) is 5.69 Å². The Morgan fingerprint density at radius 3 is 2.68 bits per heavy atom. The van der Waals surface area contributed by atoms with E-state index in [9.17, 15) is 13.6 Å². The zero-order valence-electron chi connectivity index (χ0n) is 13.6. The summed E-state index contributed by atoms with van der Waals surface area (Å²) in [6, 6.07) is 14.2. The summed E-state index contributed by atoms with van der Waals surface area (Å²) in [5.74, 6) is -0.243. The number of anilines is 1. The number of halogens is 2. The van der Waals surface area contributed by atoms with Gasteiger partial charge in [-0.2, -0.15) is 8.78 Å². The predicted octanol–water partition coefficient (Wildman–Crippen LogP) is 4.72. The first-order valence-electron chi connectivity index (χ1n) is 7.85. The van der Waals surface area contributed by atoms with Crippen molar-refractivity contribution in [2.75, 3.05) is 11.1 Å². The Hall–Kier alpha value is -2.41. The second kappa shape index (κ2) is 7.65. The van der Waals surface area contributed by atoms with Gasteiger partial charge in [0.1, 0.15) is 0 Å². The number of nitrogens with one attached hydrogen (secondary N) is 1. The third-order valence-electron chi connectivity index (χ3n) is 3.76. The van der Waals surface area contributed by atoms with Crippen molar-refractivity contribution >= 4 is 34.4 Å². The summed E-state index contributed by atoms with van der Waals surface area (Å²) in [4.78, 5) is 16.4. The van der Waals surface area contributed by atoms with Gasteiger partial charge in [-0.05, 0) is 30.2 Å². The van der Waals surface area contributed by atoms with E-state index in [4.69, 9.17) is 0 Å². The van der Waals surface area contributed by atoms with Crippen LogP contribution in [0.1, 0.15) is 19.0 Å². The highest BCUT2D eigenvalue weighted by Crippen LogP contribution is 2.29. The molecule has 0 spiro atoms. The molecule has 1 heterocycles. The summed E-state index contributed by atoms with van der Waals surface area (Å²) in [6.45, 7) is -0.705. The molecule has 0 fully saturated rings. The van der Waals surface area contributed by atoms with Crippen LogP contribution in [-0.4, -0.2) is 21.2 Å². The number of amides is 1. The van der Waals surface area contributed by atoms with Crippen molar-refractivity contribution in [3.63, 3.8) is 0 Å². The van der Waals surface area contributed by atoms with Gasteiger partial charge < -0.3 is 5.32 Å². The van der Waals surface area contributed by atoms with Crippen LogP contribution in [0.3, 0.4) is 0 Å². The van der Waals surface area contributed by atoms with Crippen LogP contribution in [0.15, 0.2) is 53.7 Å². The molecule has 25 heavy (non-hydrogen) atoms. The highest BCUT2D eigenvalue weighted by Gasteiger charge is 2.18. The van der Waals surface area contributed by atoms with Crippen molar-refractivity contribution in [2.45, 2.75) is 25.1 Å². The van der Waals surface area contributed by atoms with Gasteiger partial charge in [-0.1, -0.05) is 49.0 Å². The van der Waals surface area contributed by atoms with Gasteiger partial charge in [-0.25, -0.2) is 4.98 Å². The number of alkyl halides is 2. The number of aryl methyl sites for hydroxylation is 1. The largest absolute Gasteiger partial charge is 0.325 e. The molecule has 0 aliphatic heterocycles. The van der Waals surface area contributed by atoms with Gasteiger partial charge in [-0.3, -0.25) is 9.36 Å². The molecular weight excluding hydrogens is 344 g/mol. The summed E-state index contributed by atoms with van der Waals surface area (Å²) in [7, 11) is 0. The lowest BCUT2D eigenvalue weighted by molar-refractivity contribution is -0.113. The lowest BCUT2D eigenvalue weighted by Gasteiger charge is -2.10. The molecule has 0 aliphatic carbocycles. The molecule has 0 saturated heterocycles. The molecule has 0 atom stereocenters. The van der Waals surface area contributed by atoms with Crippen LogP contribution in [0, 0.1) is 0 Å². The molecule has 3 aromatic rings. The van der Waals surface area contributed by atoms with E-state index in [2.05, 4.69) is 10.3 Å². The highest BCUT2D eigenvalue weighted by atomic mass is 32.2. The molecule has 130 valence electrons. The summed E-state index contributed by atoms with van der Waals surface area (Å²) < 4.78 is 27.6. The average molecular weight is 361 g/mol. The fourth-order valence-corrected chi connectivity index (χ4v) is 3.39. The van der Waals surface area contributed by atoms with E-state index in [1.807, 2.05) is 31.2 Å². The normalized spacial score (nSPS) is 11.2. The van der Waals surface area contributed by atoms with Crippen molar-refractivity contribution < 1.29 is 13.6 Å². The summed E-state index contributed by atoms with van der Waals surface area (Å²) in [5.41, 5.74) is 2.62.